The molecular weight excluding hydrogens is 392 g/mol. The number of nitrogens with one attached hydrogen (secondary N) is 1. The zero-order chi connectivity index (χ0) is 21.5. The van der Waals surface area contributed by atoms with Crippen molar-refractivity contribution in [3.8, 4) is 17.2 Å². The minimum absolute atomic E-state index is 0.0548. The number of likely N-dealkylation sites (tertiary alicyclic amines) is 1. The number of methoxy groups -OCH3 is 1. The summed E-state index contributed by atoms with van der Waals surface area (Å²) in [6.07, 6.45) is 7.33. The molecule has 1 aromatic heterocycles. The van der Waals surface area contributed by atoms with Crippen LogP contribution in [0.3, 0.4) is 0 Å². The van der Waals surface area contributed by atoms with Gasteiger partial charge < -0.3 is 24.0 Å². The molecule has 0 atom stereocenters. The molecule has 1 saturated heterocycles. The molecule has 5 rings (SSSR count). The number of nitrogens with zero attached hydrogens (tertiary/aromatic N) is 1. The summed E-state index contributed by atoms with van der Waals surface area (Å²) in [6.45, 7) is 2.71. The van der Waals surface area contributed by atoms with E-state index in [0.717, 1.165) is 35.3 Å². The molecule has 160 valence electrons. The number of aryl methyl sites for hydroxylation is 1. The molecule has 2 aliphatic heterocycles. The Bertz CT molecular complexity index is 1200. The minimum Gasteiger partial charge on any atom is -0.872 e. The number of piperidine rings is 1. The second-order valence-corrected chi connectivity index (χ2v) is 8.42. The third-order valence-electron chi connectivity index (χ3n) is 6.40. The van der Waals surface area contributed by atoms with Crippen molar-refractivity contribution < 1.29 is 24.3 Å². The Morgan fingerprint density at radius 2 is 2.00 bits per heavy atom. The van der Waals surface area contributed by atoms with Crippen molar-refractivity contribution >= 4 is 22.8 Å². The third kappa shape index (κ3) is 3.47. The van der Waals surface area contributed by atoms with Gasteiger partial charge in [-0.3, -0.25) is 4.79 Å². The number of hydrogen-bond donors (Lipinski definition) is 1. The highest BCUT2D eigenvalue weighted by atomic mass is 16.5. The van der Waals surface area contributed by atoms with Gasteiger partial charge in [0, 0.05) is 35.3 Å². The number of ether oxygens (including phenoxy) is 2. The molecule has 1 N–H and O–H groups in total. The van der Waals surface area contributed by atoms with Crippen LogP contribution in [0.15, 0.2) is 42.3 Å². The zero-order valence-electron chi connectivity index (χ0n) is 17.9. The van der Waals surface area contributed by atoms with E-state index in [2.05, 4.69) is 0 Å². The van der Waals surface area contributed by atoms with Gasteiger partial charge in [0.1, 0.15) is 18.0 Å². The lowest BCUT2D eigenvalue weighted by molar-refractivity contribution is -0.918. The fourth-order valence-corrected chi connectivity index (χ4v) is 4.72. The predicted molar refractivity (Wildman–Crippen MR) is 117 cm³/mol. The highest BCUT2D eigenvalue weighted by Gasteiger charge is 2.31. The first-order valence-electron chi connectivity index (χ1n) is 10.8. The lowest BCUT2D eigenvalue weighted by atomic mass is 10.0. The Morgan fingerprint density at radius 1 is 1.19 bits per heavy atom. The number of fused-ring (bicyclic) bond motifs is 2. The van der Waals surface area contributed by atoms with Crippen molar-refractivity contribution in [2.45, 2.75) is 25.8 Å². The Kier molecular flexibility index (Phi) is 4.94. The molecule has 0 unspecified atom stereocenters. The molecule has 2 aliphatic rings. The molecule has 2 aromatic carbocycles. The van der Waals surface area contributed by atoms with E-state index in [-0.39, 0.29) is 17.3 Å². The molecule has 0 saturated carbocycles. The number of carbonyl (C=O) groups is 1. The molecule has 3 heterocycles. The lowest BCUT2D eigenvalue weighted by Crippen LogP contribution is -3.11. The molecule has 6 heteroatoms. The molecule has 0 spiro atoms. The van der Waals surface area contributed by atoms with E-state index in [0.29, 0.717) is 23.4 Å². The number of hydrogen-bond acceptors (Lipinski definition) is 4. The van der Waals surface area contributed by atoms with Crippen molar-refractivity contribution in [2.24, 2.45) is 7.05 Å². The Labute approximate surface area is 181 Å². The third-order valence-corrected chi connectivity index (χ3v) is 6.40. The van der Waals surface area contributed by atoms with E-state index in [9.17, 15) is 9.90 Å². The van der Waals surface area contributed by atoms with Gasteiger partial charge >= 0.3 is 0 Å². The van der Waals surface area contributed by atoms with Crippen LogP contribution in [0, 0.1) is 0 Å². The van der Waals surface area contributed by atoms with Gasteiger partial charge in [0.15, 0.2) is 5.76 Å². The van der Waals surface area contributed by atoms with E-state index in [1.54, 1.807) is 19.3 Å². The van der Waals surface area contributed by atoms with E-state index in [4.69, 9.17) is 9.47 Å². The Hall–Kier alpha value is -3.25. The Morgan fingerprint density at radius 3 is 2.77 bits per heavy atom. The van der Waals surface area contributed by atoms with E-state index >= 15 is 0 Å². The van der Waals surface area contributed by atoms with Gasteiger partial charge in [0.2, 0.25) is 5.78 Å². The number of aromatic nitrogens is 1. The number of allylic oxidation sites excluding steroid dienone is 1. The van der Waals surface area contributed by atoms with Gasteiger partial charge in [-0.2, -0.15) is 0 Å². The number of ketones is 1. The van der Waals surface area contributed by atoms with E-state index in [1.807, 2.05) is 36.0 Å². The summed E-state index contributed by atoms with van der Waals surface area (Å²) in [7, 11) is 3.60. The predicted octanol–water partition coefficient (Wildman–Crippen LogP) is 2.45. The minimum atomic E-state index is -0.176. The normalized spacial score (nSPS) is 17.9. The van der Waals surface area contributed by atoms with Crippen LogP contribution in [0.5, 0.6) is 17.2 Å². The second-order valence-electron chi connectivity index (χ2n) is 8.42. The monoisotopic (exact) mass is 418 g/mol. The summed E-state index contributed by atoms with van der Waals surface area (Å²) in [4.78, 5) is 14.5. The van der Waals surface area contributed by atoms with Gasteiger partial charge in [0.05, 0.1) is 25.8 Å². The summed E-state index contributed by atoms with van der Waals surface area (Å²) in [5.74, 6) is 1.22. The summed E-state index contributed by atoms with van der Waals surface area (Å²) in [5.41, 5.74) is 3.01. The molecule has 3 aromatic rings. The van der Waals surface area contributed by atoms with Gasteiger partial charge in [-0.05, 0) is 49.6 Å². The summed E-state index contributed by atoms with van der Waals surface area (Å²) < 4.78 is 13.4. The Balaban J connectivity index is 1.52. The van der Waals surface area contributed by atoms with Crippen LogP contribution in [0.25, 0.3) is 17.0 Å². The molecule has 0 aliphatic carbocycles. The second kappa shape index (κ2) is 7.78. The van der Waals surface area contributed by atoms with Crippen molar-refractivity contribution in [1.29, 1.82) is 0 Å². The average molecular weight is 418 g/mol. The van der Waals surface area contributed by atoms with Crippen molar-refractivity contribution in [3.05, 3.63) is 59.0 Å². The van der Waals surface area contributed by atoms with Crippen LogP contribution in [0.4, 0.5) is 0 Å². The van der Waals surface area contributed by atoms with E-state index in [1.165, 1.54) is 30.2 Å². The number of rotatable bonds is 4. The van der Waals surface area contributed by atoms with Crippen molar-refractivity contribution in [1.82, 2.24) is 4.57 Å². The SMILES string of the molecule is COc1ccc2c(c1)c(/C=C1\Oc3c(ccc([O-])c3C[NH+]3CCCCC3)C1=O)cn2C. The molecule has 1 fully saturated rings. The number of carbonyl (C=O) groups excluding carboxylic acids is 1. The first kappa shape index (κ1) is 19.7. The highest BCUT2D eigenvalue weighted by molar-refractivity contribution is 6.15. The quantitative estimate of drug-likeness (QED) is 0.661. The van der Waals surface area contributed by atoms with Gasteiger partial charge in [0.25, 0.3) is 0 Å². The first-order valence-corrected chi connectivity index (χ1v) is 10.8. The standard InChI is InChI=1S/C25H26N2O4/c1-26-14-16(19-13-17(30-2)6-8-21(19)26)12-23-24(29)18-7-9-22(28)20(25(18)31-23)15-27-10-4-3-5-11-27/h6-9,12-14,28H,3-5,10-11,15H2,1-2H3/b23-12-. The number of Topliss-reactive ketones (excluding diaryl/α,β-unsaturated/α-hetero) is 1. The summed E-state index contributed by atoms with van der Waals surface area (Å²) in [5, 5.41) is 13.6. The van der Waals surface area contributed by atoms with E-state index < -0.39 is 0 Å². The molecule has 6 nitrogen and oxygen atoms in total. The fraction of sp³-hybridized carbons (Fsp3) is 0.320. The summed E-state index contributed by atoms with van der Waals surface area (Å²) in [6, 6.07) is 8.96. The number of benzene rings is 2. The maximum atomic E-state index is 13.1. The molecule has 0 bridgehead atoms. The average Bonchev–Trinajstić information content (AvgIpc) is 3.27. The van der Waals surface area contributed by atoms with Gasteiger partial charge in [-0.25, -0.2) is 0 Å². The largest absolute Gasteiger partial charge is 0.872 e. The van der Waals surface area contributed by atoms with Crippen LogP contribution in [-0.2, 0) is 13.6 Å². The highest BCUT2D eigenvalue weighted by Crippen LogP contribution is 2.39. The topological polar surface area (TPSA) is 68.0 Å². The van der Waals surface area contributed by atoms with Crippen molar-refractivity contribution in [3.63, 3.8) is 0 Å². The summed E-state index contributed by atoms with van der Waals surface area (Å²) >= 11 is 0. The van der Waals surface area contributed by atoms with Crippen LogP contribution < -0.4 is 19.5 Å². The lowest BCUT2D eigenvalue weighted by Gasteiger charge is -2.26. The molecular formula is C25H26N2O4. The van der Waals surface area contributed by atoms with Crippen LogP contribution in [0.2, 0.25) is 0 Å². The molecule has 0 radical (unpaired) electrons. The fourth-order valence-electron chi connectivity index (χ4n) is 4.72. The zero-order valence-corrected chi connectivity index (χ0v) is 17.9. The number of quaternary nitrogens is 1. The van der Waals surface area contributed by atoms with Crippen LogP contribution in [0.1, 0.15) is 40.7 Å². The van der Waals surface area contributed by atoms with Crippen molar-refractivity contribution in [2.75, 3.05) is 20.2 Å². The van der Waals surface area contributed by atoms with Crippen LogP contribution >= 0.6 is 0 Å². The van der Waals surface area contributed by atoms with Gasteiger partial charge in [-0.15, -0.1) is 0 Å². The molecule has 0 amide bonds. The molecule has 31 heavy (non-hydrogen) atoms. The first-order chi connectivity index (χ1) is 15.0. The maximum absolute atomic E-state index is 13.1. The maximum Gasteiger partial charge on any atom is 0.231 e. The van der Waals surface area contributed by atoms with Gasteiger partial charge in [-0.1, -0.05) is 11.8 Å². The van der Waals surface area contributed by atoms with Crippen LogP contribution in [-0.4, -0.2) is 30.5 Å². The smallest absolute Gasteiger partial charge is 0.231 e.